The van der Waals surface area contributed by atoms with E-state index in [2.05, 4.69) is 22.3 Å². The van der Waals surface area contributed by atoms with E-state index in [1.165, 1.54) is 12.8 Å². The maximum Gasteiger partial charge on any atom is 0.241 e. The van der Waals surface area contributed by atoms with Crippen LogP contribution in [-0.4, -0.2) is 42.5 Å². The molecule has 2 aromatic carbocycles. The number of carbonyl (C=O) groups excluding carboxylic acids is 1. The molecule has 2 unspecified atom stereocenters. The van der Waals surface area contributed by atoms with E-state index >= 15 is 0 Å². The molecular weight excluding hydrogens is 310 g/mol. The van der Waals surface area contributed by atoms with Crippen molar-refractivity contribution in [3.05, 3.63) is 66.2 Å². The molecule has 130 valence electrons. The first-order valence-corrected chi connectivity index (χ1v) is 9.17. The summed E-state index contributed by atoms with van der Waals surface area (Å²) in [6, 6.07) is 21.3. The Kier molecular flexibility index (Phi) is 4.81. The van der Waals surface area contributed by atoms with E-state index in [4.69, 9.17) is 0 Å². The number of nitrogens with one attached hydrogen (secondary N) is 1. The summed E-state index contributed by atoms with van der Waals surface area (Å²) in [7, 11) is 0. The first kappa shape index (κ1) is 16.3. The second-order valence-corrected chi connectivity index (χ2v) is 7.02. The highest BCUT2D eigenvalue weighted by molar-refractivity contribution is 5.94. The van der Waals surface area contributed by atoms with E-state index in [0.29, 0.717) is 25.2 Å². The molecule has 2 aliphatic heterocycles. The van der Waals surface area contributed by atoms with Gasteiger partial charge >= 0.3 is 0 Å². The lowest BCUT2D eigenvalue weighted by atomic mass is 10.1. The van der Waals surface area contributed by atoms with Crippen molar-refractivity contribution in [3.8, 4) is 0 Å². The van der Waals surface area contributed by atoms with Gasteiger partial charge in [-0.1, -0.05) is 48.5 Å². The summed E-state index contributed by atoms with van der Waals surface area (Å²) in [4.78, 5) is 17.5. The van der Waals surface area contributed by atoms with Crippen LogP contribution in [0.5, 0.6) is 0 Å². The highest BCUT2D eigenvalue weighted by Crippen LogP contribution is 2.27. The smallest absolute Gasteiger partial charge is 0.241 e. The van der Waals surface area contributed by atoms with E-state index < -0.39 is 0 Å². The Balaban J connectivity index is 1.54. The Morgan fingerprint density at radius 2 is 1.56 bits per heavy atom. The van der Waals surface area contributed by atoms with Gasteiger partial charge < -0.3 is 10.2 Å². The molecule has 4 heteroatoms. The predicted molar refractivity (Wildman–Crippen MR) is 100 cm³/mol. The normalized spacial score (nSPS) is 22.7. The topological polar surface area (TPSA) is 35.6 Å². The molecule has 0 radical (unpaired) electrons. The van der Waals surface area contributed by atoms with Crippen LogP contribution in [-0.2, 0) is 11.3 Å². The number of piperazine rings is 1. The highest BCUT2D eigenvalue weighted by Gasteiger charge is 2.38. The number of hydrogen-bond acceptors (Lipinski definition) is 3. The molecule has 0 saturated carbocycles. The molecule has 2 saturated heterocycles. The summed E-state index contributed by atoms with van der Waals surface area (Å²) in [6.07, 6.45) is 2.41. The van der Waals surface area contributed by atoms with Gasteiger partial charge in [0.25, 0.3) is 0 Å². The van der Waals surface area contributed by atoms with E-state index in [1.54, 1.807) is 0 Å². The monoisotopic (exact) mass is 335 g/mol. The molecule has 2 atom stereocenters. The lowest BCUT2D eigenvalue weighted by Crippen LogP contribution is -2.54. The van der Waals surface area contributed by atoms with Crippen molar-refractivity contribution in [2.75, 3.05) is 24.5 Å². The van der Waals surface area contributed by atoms with Crippen LogP contribution in [0.15, 0.2) is 60.7 Å². The molecular formula is C21H25N3O. The summed E-state index contributed by atoms with van der Waals surface area (Å²) < 4.78 is 0. The zero-order valence-electron chi connectivity index (χ0n) is 14.5. The lowest BCUT2D eigenvalue weighted by molar-refractivity contribution is -0.120. The van der Waals surface area contributed by atoms with Crippen LogP contribution < -0.4 is 10.2 Å². The van der Waals surface area contributed by atoms with Gasteiger partial charge in [-0.05, 0) is 30.5 Å². The van der Waals surface area contributed by atoms with Gasteiger partial charge in [-0.3, -0.25) is 9.69 Å². The second kappa shape index (κ2) is 7.38. The van der Waals surface area contributed by atoms with E-state index in [0.717, 1.165) is 24.3 Å². The lowest BCUT2D eigenvalue weighted by Gasteiger charge is -2.36. The molecule has 2 fully saturated rings. The number of fused-ring (bicyclic) bond motifs is 2. The minimum Gasteiger partial charge on any atom is -0.314 e. The van der Waals surface area contributed by atoms with Crippen LogP contribution in [0.4, 0.5) is 5.69 Å². The van der Waals surface area contributed by atoms with Gasteiger partial charge in [-0.15, -0.1) is 0 Å². The number of hydrogen-bond donors (Lipinski definition) is 1. The van der Waals surface area contributed by atoms with Crippen LogP contribution in [0, 0.1) is 0 Å². The van der Waals surface area contributed by atoms with Gasteiger partial charge in [-0.2, -0.15) is 0 Å². The Morgan fingerprint density at radius 1 is 0.960 bits per heavy atom. The molecule has 2 aromatic rings. The number of benzene rings is 2. The quantitative estimate of drug-likeness (QED) is 0.912. The third-order valence-corrected chi connectivity index (χ3v) is 5.40. The minimum absolute atomic E-state index is 0.189. The molecule has 2 heterocycles. The fourth-order valence-electron chi connectivity index (χ4n) is 4.07. The van der Waals surface area contributed by atoms with Gasteiger partial charge in [0.2, 0.25) is 5.91 Å². The van der Waals surface area contributed by atoms with Crippen molar-refractivity contribution < 1.29 is 4.79 Å². The Labute approximate surface area is 149 Å². The van der Waals surface area contributed by atoms with Crippen LogP contribution in [0.2, 0.25) is 0 Å². The van der Waals surface area contributed by atoms with Crippen LogP contribution in [0.3, 0.4) is 0 Å². The van der Waals surface area contributed by atoms with Gasteiger partial charge in [-0.25, -0.2) is 0 Å². The maximum atomic E-state index is 13.2. The van der Waals surface area contributed by atoms with Crippen molar-refractivity contribution >= 4 is 11.6 Å². The molecule has 25 heavy (non-hydrogen) atoms. The number of anilines is 1. The first-order chi connectivity index (χ1) is 12.3. The Hall–Kier alpha value is -2.17. The predicted octanol–water partition coefficient (Wildman–Crippen LogP) is 2.66. The van der Waals surface area contributed by atoms with Crippen molar-refractivity contribution in [2.45, 2.75) is 31.5 Å². The van der Waals surface area contributed by atoms with Crippen molar-refractivity contribution in [2.24, 2.45) is 0 Å². The largest absolute Gasteiger partial charge is 0.314 e. The van der Waals surface area contributed by atoms with Gasteiger partial charge in [0, 0.05) is 30.9 Å². The van der Waals surface area contributed by atoms with Crippen LogP contribution in [0.1, 0.15) is 18.4 Å². The third kappa shape index (κ3) is 3.60. The molecule has 0 aliphatic carbocycles. The van der Waals surface area contributed by atoms with E-state index in [-0.39, 0.29) is 5.91 Å². The maximum absolute atomic E-state index is 13.2. The fourth-order valence-corrected chi connectivity index (χ4v) is 4.07. The molecule has 4 nitrogen and oxygen atoms in total. The van der Waals surface area contributed by atoms with E-state index in [9.17, 15) is 4.79 Å². The summed E-state index contributed by atoms with van der Waals surface area (Å²) in [5, 5.41) is 3.48. The number of carbonyl (C=O) groups is 1. The van der Waals surface area contributed by atoms with Gasteiger partial charge in [0.05, 0.1) is 13.1 Å². The molecule has 4 rings (SSSR count). The summed E-state index contributed by atoms with van der Waals surface area (Å²) in [5.74, 6) is 0.189. The molecule has 1 N–H and O–H groups in total. The number of amides is 1. The van der Waals surface area contributed by atoms with Crippen molar-refractivity contribution in [1.82, 2.24) is 10.2 Å². The molecule has 2 aliphatic rings. The number of nitrogens with zero attached hydrogens (tertiary/aromatic N) is 2. The zero-order chi connectivity index (χ0) is 17.1. The van der Waals surface area contributed by atoms with Crippen LogP contribution in [0.25, 0.3) is 0 Å². The number of rotatable bonds is 5. The fraction of sp³-hybridized carbons (Fsp3) is 0.381. The minimum atomic E-state index is 0.189. The second-order valence-electron chi connectivity index (χ2n) is 7.02. The molecule has 1 amide bonds. The summed E-state index contributed by atoms with van der Waals surface area (Å²) in [6.45, 7) is 3.14. The molecule has 2 bridgehead atoms. The van der Waals surface area contributed by atoms with Crippen LogP contribution >= 0.6 is 0 Å². The van der Waals surface area contributed by atoms with Gasteiger partial charge in [0.15, 0.2) is 0 Å². The summed E-state index contributed by atoms with van der Waals surface area (Å²) in [5.41, 5.74) is 2.13. The SMILES string of the molecule is O=C(CN1C2CCC1CNC2)N(Cc1ccccc1)c1ccccc1. The third-order valence-electron chi connectivity index (χ3n) is 5.40. The van der Waals surface area contributed by atoms with Crippen molar-refractivity contribution in [1.29, 1.82) is 0 Å². The average molecular weight is 335 g/mol. The molecule has 0 aromatic heterocycles. The first-order valence-electron chi connectivity index (χ1n) is 9.17. The molecule has 0 spiro atoms. The Morgan fingerprint density at radius 3 is 2.20 bits per heavy atom. The highest BCUT2D eigenvalue weighted by atomic mass is 16.2. The van der Waals surface area contributed by atoms with Crippen molar-refractivity contribution in [3.63, 3.8) is 0 Å². The van der Waals surface area contributed by atoms with Gasteiger partial charge in [0.1, 0.15) is 0 Å². The standard InChI is InChI=1S/C21H25N3O/c25-21(16-23-19-11-12-20(23)14-22-13-19)24(18-9-5-2-6-10-18)15-17-7-3-1-4-8-17/h1-10,19-20,22H,11-16H2. The summed E-state index contributed by atoms with van der Waals surface area (Å²) >= 11 is 0. The number of para-hydroxylation sites is 1. The zero-order valence-corrected chi connectivity index (χ0v) is 14.5. The average Bonchev–Trinajstić information content (AvgIpc) is 2.88. The van der Waals surface area contributed by atoms with E-state index in [1.807, 2.05) is 53.4 Å². The Bertz CT molecular complexity index is 688.